The summed E-state index contributed by atoms with van der Waals surface area (Å²) in [4.78, 5) is 25.1. The second kappa shape index (κ2) is 6.83. The number of rotatable bonds is 4. The van der Waals surface area contributed by atoms with Crippen LogP contribution < -0.4 is 5.84 Å². The molecule has 0 bridgehead atoms. The van der Waals surface area contributed by atoms with Crippen molar-refractivity contribution in [1.29, 1.82) is 0 Å². The summed E-state index contributed by atoms with van der Waals surface area (Å²) in [6, 6.07) is 1.49. The molecule has 0 unspecified atom stereocenters. The van der Waals surface area contributed by atoms with Crippen molar-refractivity contribution in [2.24, 2.45) is 5.84 Å². The van der Waals surface area contributed by atoms with Gasteiger partial charge in [0.15, 0.2) is 5.78 Å². The minimum atomic E-state index is -0.323. The molecule has 0 atom stereocenters. The average molecular weight is 375 g/mol. The Hall–Kier alpha value is -0.646. The molecule has 0 aromatic carbocycles. The first-order valence-corrected chi connectivity index (χ1v) is 4.32. The van der Waals surface area contributed by atoms with Gasteiger partial charge in [0.05, 0.1) is 5.69 Å². The number of nitrogens with two attached hydrogens (primary N) is 1. The molecule has 0 aliphatic rings. The smallest absolute Gasteiger partial charge is 0.174 e. The summed E-state index contributed by atoms with van der Waals surface area (Å²) in [6.45, 7) is 1.42. The van der Waals surface area contributed by atoms with E-state index in [9.17, 15) is 9.59 Å². The fourth-order valence-corrected chi connectivity index (χ4v) is 0.972. The third-order valence-corrected chi connectivity index (χ3v) is 1.72. The maximum atomic E-state index is 11.4. The van der Waals surface area contributed by atoms with Crippen LogP contribution in [0.3, 0.4) is 0 Å². The number of aromatic amines is 1. The average Bonchev–Trinajstić information content (AvgIpc) is 2.62. The zero-order chi connectivity index (χ0) is 11.4. The van der Waals surface area contributed by atoms with E-state index < -0.39 is 0 Å². The number of hydrogen-bond acceptors (Lipinski definition) is 4. The maximum absolute atomic E-state index is 11.4. The molecule has 0 amide bonds. The number of carbonyl (C=O) groups excluding carboxylic acids is 2. The van der Waals surface area contributed by atoms with Crippen molar-refractivity contribution in [3.8, 4) is 0 Å². The zero-order valence-corrected chi connectivity index (χ0v) is 10.6. The molecule has 0 spiro atoms. The van der Waals surface area contributed by atoms with Gasteiger partial charge in [0, 0.05) is 56.6 Å². The van der Waals surface area contributed by atoms with Crippen molar-refractivity contribution in [2.45, 2.75) is 6.92 Å². The fourth-order valence-electron chi connectivity index (χ4n) is 0.972. The molecule has 1 heterocycles. The van der Waals surface area contributed by atoms with Gasteiger partial charge >= 0.3 is 0 Å². The van der Waals surface area contributed by atoms with E-state index in [0.29, 0.717) is 11.3 Å². The van der Waals surface area contributed by atoms with Crippen LogP contribution in [0.25, 0.3) is 0 Å². The first kappa shape index (κ1) is 15.4. The van der Waals surface area contributed by atoms with Gasteiger partial charge in [-0.1, -0.05) is 12.4 Å². The van der Waals surface area contributed by atoms with Gasteiger partial charge in [0.2, 0.25) is 0 Å². The van der Waals surface area contributed by atoms with Gasteiger partial charge in [-0.2, -0.15) is 6.08 Å². The molecule has 0 fully saturated rings. The second-order valence-electron chi connectivity index (χ2n) is 3.13. The Morgan fingerprint density at radius 1 is 1.56 bits per heavy atom. The molecule has 1 radical (unpaired) electrons. The molecule has 0 saturated heterocycles. The van der Waals surface area contributed by atoms with Crippen molar-refractivity contribution in [1.82, 2.24) is 9.99 Å². The van der Waals surface area contributed by atoms with Crippen LogP contribution in [0.5, 0.6) is 0 Å². The van der Waals surface area contributed by atoms with E-state index in [1.807, 2.05) is 0 Å². The number of H-pyrrole nitrogens is 1. The first-order chi connectivity index (χ1) is 7.00. The largest absolute Gasteiger partial charge is 0.377 e. The van der Waals surface area contributed by atoms with Crippen LogP contribution in [-0.4, -0.2) is 28.6 Å². The molecule has 0 aliphatic carbocycles. The summed E-state index contributed by atoms with van der Waals surface area (Å²) in [6.07, 6.45) is 5.25. The number of nitrogens with zero attached hydrogens (tertiary/aromatic N) is 1. The molecule has 16 heavy (non-hydrogen) atoms. The van der Waals surface area contributed by atoms with Gasteiger partial charge in [-0.05, 0) is 0 Å². The monoisotopic (exact) mass is 375 g/mol. The Bertz CT molecular complexity index is 410. The number of ketones is 2. The van der Waals surface area contributed by atoms with Crippen molar-refractivity contribution in [2.75, 3.05) is 7.05 Å². The number of carbonyl (C=O) groups is 2. The normalized spacial score (nSPS) is 9.94. The predicted octanol–water partition coefficient (Wildman–Crippen LogP) is 0.522. The van der Waals surface area contributed by atoms with Gasteiger partial charge in [-0.25, -0.2) is 0 Å². The van der Waals surface area contributed by atoms with Crippen molar-refractivity contribution in [3.05, 3.63) is 35.8 Å². The first-order valence-electron chi connectivity index (χ1n) is 4.32. The van der Waals surface area contributed by atoms with Crippen LogP contribution in [0.1, 0.15) is 27.8 Å². The third-order valence-electron chi connectivity index (χ3n) is 1.72. The number of aromatic nitrogens is 1. The van der Waals surface area contributed by atoms with E-state index in [1.54, 1.807) is 7.05 Å². The number of nitrogens with one attached hydrogen (secondary N) is 1. The van der Waals surface area contributed by atoms with E-state index in [-0.39, 0.29) is 48.4 Å². The van der Waals surface area contributed by atoms with Crippen LogP contribution in [0, 0.1) is 43.0 Å². The van der Waals surface area contributed by atoms with Crippen molar-refractivity contribution < 1.29 is 46.5 Å². The van der Waals surface area contributed by atoms with Gasteiger partial charge < -0.3 is 14.8 Å². The summed E-state index contributed by atoms with van der Waals surface area (Å²) in [5.74, 6) is 4.83. The number of Topliss-reactive ketones (excluding diaryl/α,β-unsaturated/α-hetero) is 2. The van der Waals surface area contributed by atoms with E-state index >= 15 is 0 Å². The molecular formula is C10H12N3O2Tm-. The van der Waals surface area contributed by atoms with Gasteiger partial charge in [-0.3, -0.25) is 10.6 Å². The summed E-state index contributed by atoms with van der Waals surface area (Å²) < 4.78 is 0. The Balaban J connectivity index is 0.00000225. The third kappa shape index (κ3) is 4.47. The molecule has 3 N–H and O–H groups in total. The van der Waals surface area contributed by atoms with E-state index in [4.69, 9.17) is 5.84 Å². The molecule has 5 nitrogen and oxygen atoms in total. The summed E-state index contributed by atoms with van der Waals surface area (Å²) >= 11 is 0. The number of allylic oxidation sites excluding steroid dienone is 1. The molecule has 6 heteroatoms. The Kier molecular flexibility index (Phi) is 6.56. The molecule has 0 aliphatic heterocycles. The van der Waals surface area contributed by atoms with Gasteiger partial charge in [0.1, 0.15) is 0 Å². The Labute approximate surface area is 123 Å². The minimum absolute atomic E-state index is 0. The number of hydrazine groups is 1. The number of hydrogen-bond donors (Lipinski definition) is 2. The molecule has 1 rings (SSSR count). The molecule has 1 aromatic rings. The van der Waals surface area contributed by atoms with Crippen LogP contribution in [-0.2, 0) is 0 Å². The van der Waals surface area contributed by atoms with Gasteiger partial charge in [0.25, 0.3) is 0 Å². The van der Waals surface area contributed by atoms with Crippen LogP contribution in [0.4, 0.5) is 0 Å². The quantitative estimate of drug-likeness (QED) is 0.265. The van der Waals surface area contributed by atoms with Crippen LogP contribution >= 0.6 is 0 Å². The van der Waals surface area contributed by atoms with Crippen LogP contribution in [0.15, 0.2) is 18.5 Å². The standard InChI is InChI=1S/C10H12N3O2.Tm/c1-7(14)9-5-8(6-12-9)10(15)3-4-13(2)11;/h4-6,12H,11H2,1-2H3;/q-1;. The molecule has 93 valence electrons. The van der Waals surface area contributed by atoms with E-state index in [2.05, 4.69) is 11.1 Å². The Morgan fingerprint density at radius 3 is 2.62 bits per heavy atom. The fraction of sp³-hybridized carbons (Fsp3) is 0.200. The Morgan fingerprint density at radius 2 is 2.19 bits per heavy atom. The zero-order valence-electron chi connectivity index (χ0n) is 8.85. The molecule has 1 aromatic heterocycles. The SMILES string of the molecule is CC(=O)c1cc(C(=O)[C-]=CN(C)N)c[nH]1.[Tm]. The van der Waals surface area contributed by atoms with E-state index in [0.717, 1.165) is 0 Å². The maximum Gasteiger partial charge on any atom is 0.174 e. The second-order valence-corrected chi connectivity index (χ2v) is 3.13. The van der Waals surface area contributed by atoms with Crippen molar-refractivity contribution in [3.63, 3.8) is 0 Å². The summed E-state index contributed by atoms with van der Waals surface area (Å²) in [7, 11) is 1.58. The summed E-state index contributed by atoms with van der Waals surface area (Å²) in [5, 5.41) is 1.22. The van der Waals surface area contributed by atoms with Crippen molar-refractivity contribution >= 4 is 11.6 Å². The predicted molar refractivity (Wildman–Crippen MR) is 54.9 cm³/mol. The summed E-state index contributed by atoms with van der Waals surface area (Å²) in [5.41, 5.74) is 0.791. The topological polar surface area (TPSA) is 79.2 Å². The van der Waals surface area contributed by atoms with Crippen LogP contribution in [0.2, 0.25) is 0 Å². The van der Waals surface area contributed by atoms with Gasteiger partial charge in [-0.15, -0.1) is 11.6 Å². The molecular weight excluding hydrogens is 363 g/mol. The van der Waals surface area contributed by atoms with E-state index in [1.165, 1.54) is 30.4 Å². The minimum Gasteiger partial charge on any atom is -0.377 e. The molecule has 0 saturated carbocycles.